The minimum absolute atomic E-state index is 0.133. The first-order valence-corrected chi connectivity index (χ1v) is 10.2. The Bertz CT molecular complexity index is 1130. The van der Waals surface area contributed by atoms with Gasteiger partial charge >= 0.3 is 0 Å². The quantitative estimate of drug-likeness (QED) is 0.427. The molecule has 0 saturated heterocycles. The van der Waals surface area contributed by atoms with E-state index < -0.39 is 0 Å². The summed E-state index contributed by atoms with van der Waals surface area (Å²) in [5.41, 5.74) is 3.33. The van der Waals surface area contributed by atoms with Crippen molar-refractivity contribution in [3.63, 3.8) is 0 Å². The Morgan fingerprint density at radius 3 is 2.59 bits per heavy atom. The molecule has 0 aliphatic rings. The molecular formula is C23H19N3O2S. The van der Waals surface area contributed by atoms with Crippen LogP contribution < -0.4 is 5.32 Å². The minimum atomic E-state index is -0.133. The molecule has 0 bridgehead atoms. The summed E-state index contributed by atoms with van der Waals surface area (Å²) < 4.78 is 5.76. The molecule has 0 fully saturated rings. The van der Waals surface area contributed by atoms with Crippen LogP contribution in [0.4, 0.5) is 5.69 Å². The molecule has 29 heavy (non-hydrogen) atoms. The van der Waals surface area contributed by atoms with Crippen LogP contribution in [-0.2, 0) is 5.75 Å². The van der Waals surface area contributed by atoms with E-state index in [4.69, 9.17) is 4.42 Å². The second kappa shape index (κ2) is 8.75. The van der Waals surface area contributed by atoms with Gasteiger partial charge in [0.2, 0.25) is 11.8 Å². The summed E-state index contributed by atoms with van der Waals surface area (Å²) in [6.45, 7) is 1.97. The van der Waals surface area contributed by atoms with Gasteiger partial charge in [-0.15, -0.1) is 22.0 Å². The van der Waals surface area contributed by atoms with E-state index in [9.17, 15) is 4.79 Å². The number of hydrogen-bond acceptors (Lipinski definition) is 5. The van der Waals surface area contributed by atoms with E-state index in [1.807, 2.05) is 85.8 Å². The van der Waals surface area contributed by atoms with Crippen molar-refractivity contribution in [1.82, 2.24) is 10.2 Å². The topological polar surface area (TPSA) is 68.0 Å². The van der Waals surface area contributed by atoms with E-state index in [0.29, 0.717) is 23.1 Å². The van der Waals surface area contributed by atoms with Gasteiger partial charge in [-0.3, -0.25) is 4.79 Å². The molecule has 0 saturated carbocycles. The Labute approximate surface area is 173 Å². The van der Waals surface area contributed by atoms with Crippen LogP contribution in [0.1, 0.15) is 21.8 Å². The highest BCUT2D eigenvalue weighted by atomic mass is 32.2. The van der Waals surface area contributed by atoms with Crippen LogP contribution in [0, 0.1) is 6.92 Å². The van der Waals surface area contributed by atoms with Gasteiger partial charge in [-0.2, -0.15) is 0 Å². The summed E-state index contributed by atoms with van der Waals surface area (Å²) >= 11 is 1.54. The lowest BCUT2D eigenvalue weighted by atomic mass is 10.1. The number of amides is 1. The van der Waals surface area contributed by atoms with Crippen LogP contribution in [0.15, 0.2) is 88.2 Å². The predicted molar refractivity (Wildman–Crippen MR) is 115 cm³/mol. The highest BCUT2D eigenvalue weighted by molar-refractivity contribution is 7.98. The second-order valence-electron chi connectivity index (χ2n) is 6.48. The van der Waals surface area contributed by atoms with Crippen molar-refractivity contribution >= 4 is 23.4 Å². The van der Waals surface area contributed by atoms with Crippen molar-refractivity contribution in [2.24, 2.45) is 0 Å². The average molecular weight is 401 g/mol. The first-order chi connectivity index (χ1) is 14.2. The van der Waals surface area contributed by atoms with Crippen molar-refractivity contribution in [3.05, 3.63) is 95.9 Å². The number of aryl methyl sites for hydroxylation is 1. The average Bonchev–Trinajstić information content (AvgIpc) is 3.23. The fourth-order valence-electron chi connectivity index (χ4n) is 2.83. The molecule has 4 aromatic rings. The first kappa shape index (κ1) is 19.0. The largest absolute Gasteiger partial charge is 0.420 e. The summed E-state index contributed by atoms with van der Waals surface area (Å²) in [7, 11) is 0. The third kappa shape index (κ3) is 4.73. The van der Waals surface area contributed by atoms with Crippen molar-refractivity contribution in [2.75, 3.05) is 5.32 Å². The molecule has 1 aromatic heterocycles. The number of anilines is 1. The molecule has 0 spiro atoms. The Kier molecular flexibility index (Phi) is 5.72. The Balaban J connectivity index is 1.45. The van der Waals surface area contributed by atoms with Gasteiger partial charge in [-0.1, -0.05) is 48.0 Å². The van der Waals surface area contributed by atoms with E-state index in [1.165, 1.54) is 11.8 Å². The van der Waals surface area contributed by atoms with E-state index in [1.54, 1.807) is 0 Å². The van der Waals surface area contributed by atoms with Crippen LogP contribution in [0.3, 0.4) is 0 Å². The van der Waals surface area contributed by atoms with E-state index in [-0.39, 0.29) is 5.91 Å². The molecule has 1 amide bonds. The number of aromatic nitrogens is 2. The number of carbonyl (C=O) groups excluding carboxylic acids is 1. The van der Waals surface area contributed by atoms with Crippen molar-refractivity contribution in [1.29, 1.82) is 0 Å². The van der Waals surface area contributed by atoms with Gasteiger partial charge in [0.05, 0.1) is 11.4 Å². The molecule has 4 rings (SSSR count). The van der Waals surface area contributed by atoms with Crippen LogP contribution in [0.5, 0.6) is 0 Å². The molecule has 0 radical (unpaired) electrons. The maximum atomic E-state index is 12.6. The minimum Gasteiger partial charge on any atom is -0.420 e. The zero-order chi connectivity index (χ0) is 20.1. The highest BCUT2D eigenvalue weighted by Gasteiger charge is 2.12. The number of para-hydroxylation sites is 1. The maximum absolute atomic E-state index is 12.6. The van der Waals surface area contributed by atoms with Crippen molar-refractivity contribution in [3.8, 4) is 11.5 Å². The number of hydrogen-bond donors (Lipinski definition) is 1. The predicted octanol–water partition coefficient (Wildman–Crippen LogP) is 5.59. The smallest absolute Gasteiger partial charge is 0.255 e. The number of benzene rings is 3. The lowest BCUT2D eigenvalue weighted by Gasteiger charge is -2.10. The van der Waals surface area contributed by atoms with Crippen LogP contribution in [-0.4, -0.2) is 16.1 Å². The standard InChI is InChI=1S/C23H19N3O2S/c1-16-8-7-11-18(14-16)22(27)24-19-12-5-6-13-20(19)29-15-21-25-26-23(28-21)17-9-3-2-4-10-17/h2-14H,15H2,1H3,(H,24,27). The number of thioether (sulfide) groups is 1. The van der Waals surface area contributed by atoms with E-state index in [0.717, 1.165) is 21.7 Å². The normalized spacial score (nSPS) is 10.7. The summed E-state index contributed by atoms with van der Waals surface area (Å²) in [6.07, 6.45) is 0. The third-order valence-electron chi connectivity index (χ3n) is 4.25. The van der Waals surface area contributed by atoms with Gasteiger partial charge in [-0.25, -0.2) is 0 Å². The SMILES string of the molecule is Cc1cccc(C(=O)Nc2ccccc2SCc2nnc(-c3ccccc3)o2)c1. The molecule has 1 heterocycles. The summed E-state index contributed by atoms with van der Waals surface area (Å²) in [4.78, 5) is 13.5. The van der Waals surface area contributed by atoms with Gasteiger partial charge in [0.1, 0.15) is 0 Å². The summed E-state index contributed by atoms with van der Waals surface area (Å²) in [6, 6.07) is 24.9. The molecule has 0 atom stereocenters. The molecule has 3 aromatic carbocycles. The molecule has 0 aliphatic heterocycles. The Morgan fingerprint density at radius 2 is 1.76 bits per heavy atom. The summed E-state index contributed by atoms with van der Waals surface area (Å²) in [5, 5.41) is 11.2. The molecule has 144 valence electrons. The molecule has 5 nitrogen and oxygen atoms in total. The van der Waals surface area contributed by atoms with E-state index in [2.05, 4.69) is 15.5 Å². The van der Waals surface area contributed by atoms with Crippen LogP contribution >= 0.6 is 11.8 Å². The molecule has 6 heteroatoms. The highest BCUT2D eigenvalue weighted by Crippen LogP contribution is 2.30. The Hall–Kier alpha value is -3.38. The van der Waals surface area contributed by atoms with Gasteiger partial charge in [0, 0.05) is 16.0 Å². The number of nitrogens with zero attached hydrogens (tertiary/aromatic N) is 2. The van der Waals surface area contributed by atoms with E-state index >= 15 is 0 Å². The second-order valence-corrected chi connectivity index (χ2v) is 7.49. The van der Waals surface area contributed by atoms with Gasteiger partial charge in [0.25, 0.3) is 5.91 Å². The molecule has 0 aliphatic carbocycles. The lowest BCUT2D eigenvalue weighted by molar-refractivity contribution is 0.102. The maximum Gasteiger partial charge on any atom is 0.255 e. The monoisotopic (exact) mass is 401 g/mol. The third-order valence-corrected chi connectivity index (χ3v) is 5.31. The van der Waals surface area contributed by atoms with Crippen LogP contribution in [0.25, 0.3) is 11.5 Å². The van der Waals surface area contributed by atoms with Crippen molar-refractivity contribution < 1.29 is 9.21 Å². The fourth-order valence-corrected chi connectivity index (χ4v) is 3.67. The van der Waals surface area contributed by atoms with Crippen molar-refractivity contribution in [2.45, 2.75) is 17.6 Å². The van der Waals surface area contributed by atoms with Gasteiger partial charge in [-0.05, 0) is 43.3 Å². The first-order valence-electron chi connectivity index (χ1n) is 9.17. The van der Waals surface area contributed by atoms with Crippen LogP contribution in [0.2, 0.25) is 0 Å². The molecule has 1 N–H and O–H groups in total. The summed E-state index contributed by atoms with van der Waals surface area (Å²) in [5.74, 6) is 1.42. The fraction of sp³-hybridized carbons (Fsp3) is 0.0870. The zero-order valence-corrected chi connectivity index (χ0v) is 16.6. The lowest BCUT2D eigenvalue weighted by Crippen LogP contribution is -2.12. The Morgan fingerprint density at radius 1 is 0.966 bits per heavy atom. The van der Waals surface area contributed by atoms with Gasteiger partial charge < -0.3 is 9.73 Å². The van der Waals surface area contributed by atoms with Gasteiger partial charge in [0.15, 0.2) is 0 Å². The number of carbonyl (C=O) groups is 1. The number of rotatable bonds is 6. The molecule has 0 unspecified atom stereocenters. The number of nitrogens with one attached hydrogen (secondary N) is 1. The molecular weight excluding hydrogens is 382 g/mol. The zero-order valence-electron chi connectivity index (χ0n) is 15.8.